The predicted molar refractivity (Wildman–Crippen MR) is 235 cm³/mol. The van der Waals surface area contributed by atoms with Gasteiger partial charge in [-0.15, -0.1) is 23.8 Å². The Morgan fingerprint density at radius 2 is 1.16 bits per heavy atom. The van der Waals surface area contributed by atoms with Gasteiger partial charge in [0.15, 0.2) is 0 Å². The second kappa shape index (κ2) is 15.9. The number of phenols is 1. The third-order valence-electron chi connectivity index (χ3n) is 10.7. The first kappa shape index (κ1) is 38.5. The van der Waals surface area contributed by atoms with Crippen LogP contribution in [0.3, 0.4) is 0 Å². The number of nitrogens with zero attached hydrogens (tertiary/aromatic N) is 3. The van der Waals surface area contributed by atoms with Crippen molar-refractivity contribution in [3.63, 3.8) is 0 Å². The number of fused-ring (bicyclic) bond motifs is 1. The van der Waals surface area contributed by atoms with Gasteiger partial charge in [-0.2, -0.15) is 0 Å². The molecular weight excluding hydrogens is 890 g/mol. The zero-order valence-corrected chi connectivity index (χ0v) is 35.1. The summed E-state index contributed by atoms with van der Waals surface area (Å²) < 4.78 is 2.22. The van der Waals surface area contributed by atoms with Crippen molar-refractivity contribution in [2.75, 3.05) is 0 Å². The number of para-hydroxylation sites is 2. The van der Waals surface area contributed by atoms with Crippen molar-refractivity contribution in [2.24, 2.45) is 0 Å². The Morgan fingerprint density at radius 3 is 1.86 bits per heavy atom. The summed E-state index contributed by atoms with van der Waals surface area (Å²) in [4.78, 5) is 10.3. The molecule has 0 aliphatic carbocycles. The van der Waals surface area contributed by atoms with Gasteiger partial charge >= 0.3 is 0 Å². The van der Waals surface area contributed by atoms with E-state index >= 15 is 0 Å². The average Bonchev–Trinajstić information content (AvgIpc) is 3.63. The molecular formula is C53H42N3OPt-. The van der Waals surface area contributed by atoms with Crippen molar-refractivity contribution in [1.82, 2.24) is 14.5 Å². The van der Waals surface area contributed by atoms with E-state index in [1.807, 2.05) is 36.5 Å². The van der Waals surface area contributed by atoms with E-state index in [0.29, 0.717) is 11.4 Å². The third kappa shape index (κ3) is 7.44. The van der Waals surface area contributed by atoms with E-state index in [2.05, 4.69) is 172 Å². The fraction of sp³-hybridized carbons (Fsp3) is 0.0943. The molecule has 0 atom stereocenters. The molecule has 5 heteroatoms. The summed E-state index contributed by atoms with van der Waals surface area (Å²) in [6.45, 7) is 8.85. The molecule has 0 amide bonds. The van der Waals surface area contributed by atoms with E-state index < -0.39 is 0 Å². The second-order valence-electron chi connectivity index (χ2n) is 15.7. The minimum atomic E-state index is -0.211. The first-order valence-electron chi connectivity index (χ1n) is 19.4. The van der Waals surface area contributed by atoms with E-state index in [9.17, 15) is 5.11 Å². The molecule has 0 saturated heterocycles. The summed E-state index contributed by atoms with van der Waals surface area (Å²) in [6, 6.07) is 62.4. The fourth-order valence-corrected chi connectivity index (χ4v) is 7.70. The van der Waals surface area contributed by atoms with Crippen LogP contribution in [0.5, 0.6) is 5.75 Å². The van der Waals surface area contributed by atoms with E-state index in [1.165, 1.54) is 11.1 Å². The minimum Gasteiger partial charge on any atom is -0.507 e. The van der Waals surface area contributed by atoms with Gasteiger partial charge in [-0.3, -0.25) is 9.55 Å². The molecule has 286 valence electrons. The van der Waals surface area contributed by atoms with E-state index in [0.717, 1.165) is 72.5 Å². The molecule has 0 unspecified atom stereocenters. The number of aromatic hydroxyl groups is 1. The van der Waals surface area contributed by atoms with Crippen molar-refractivity contribution in [3.8, 4) is 78.6 Å². The first-order valence-corrected chi connectivity index (χ1v) is 19.4. The molecule has 0 spiro atoms. The molecule has 9 aromatic rings. The summed E-state index contributed by atoms with van der Waals surface area (Å²) in [5.41, 5.74) is 15.9. The summed E-state index contributed by atoms with van der Waals surface area (Å²) in [5, 5.41) is 11.3. The molecule has 0 radical (unpaired) electrons. The number of pyridine rings is 1. The molecule has 7 aromatic carbocycles. The predicted octanol–water partition coefficient (Wildman–Crippen LogP) is 13.5. The van der Waals surface area contributed by atoms with Crippen LogP contribution in [0.2, 0.25) is 0 Å². The van der Waals surface area contributed by atoms with Gasteiger partial charge in [0.1, 0.15) is 11.6 Å². The second-order valence-corrected chi connectivity index (χ2v) is 15.7. The van der Waals surface area contributed by atoms with Gasteiger partial charge in [-0.1, -0.05) is 164 Å². The maximum atomic E-state index is 11.3. The summed E-state index contributed by atoms with van der Waals surface area (Å²) in [7, 11) is 0. The molecule has 2 heterocycles. The number of aryl methyl sites for hydroxylation is 1. The molecule has 0 aliphatic rings. The van der Waals surface area contributed by atoms with Crippen LogP contribution in [0.4, 0.5) is 0 Å². The van der Waals surface area contributed by atoms with E-state index in [1.54, 1.807) is 6.07 Å². The summed E-state index contributed by atoms with van der Waals surface area (Å²) >= 11 is 0. The Balaban J connectivity index is 0.00000469. The number of hydrogen-bond donors (Lipinski definition) is 1. The largest absolute Gasteiger partial charge is 0.507 e. The van der Waals surface area contributed by atoms with Crippen molar-refractivity contribution < 1.29 is 26.2 Å². The number of hydrogen-bond acceptors (Lipinski definition) is 3. The molecule has 0 fully saturated rings. The van der Waals surface area contributed by atoms with Gasteiger partial charge in [0, 0.05) is 33.0 Å². The summed E-state index contributed by atoms with van der Waals surface area (Å²) in [6.07, 6.45) is 1.88. The molecule has 0 bridgehead atoms. The Morgan fingerprint density at radius 1 is 0.552 bits per heavy atom. The maximum absolute atomic E-state index is 11.3. The molecule has 2 aromatic heterocycles. The van der Waals surface area contributed by atoms with Crippen LogP contribution in [-0.4, -0.2) is 19.6 Å². The van der Waals surface area contributed by atoms with Crippen molar-refractivity contribution in [3.05, 3.63) is 193 Å². The van der Waals surface area contributed by atoms with Crippen LogP contribution < -0.4 is 0 Å². The molecule has 0 saturated carbocycles. The maximum Gasteiger partial charge on any atom is 0.148 e. The van der Waals surface area contributed by atoms with Crippen LogP contribution in [0.25, 0.3) is 83.9 Å². The number of aromatic nitrogens is 3. The van der Waals surface area contributed by atoms with Gasteiger partial charge in [0.25, 0.3) is 0 Å². The number of benzene rings is 7. The number of imidazole rings is 1. The van der Waals surface area contributed by atoms with Crippen molar-refractivity contribution in [1.29, 1.82) is 0 Å². The van der Waals surface area contributed by atoms with E-state index in [-0.39, 0.29) is 32.2 Å². The molecule has 0 aliphatic heterocycles. The number of rotatable bonds is 7. The van der Waals surface area contributed by atoms with Gasteiger partial charge in [-0.25, -0.2) is 4.98 Å². The Hall–Kier alpha value is -6.35. The van der Waals surface area contributed by atoms with Gasteiger partial charge in [-0.05, 0) is 82.1 Å². The molecule has 4 nitrogen and oxygen atoms in total. The fourth-order valence-electron chi connectivity index (χ4n) is 7.70. The SMILES string of the molecule is Cc1ccc(-c2ccnc(-c3[c-]c(-c4cccc5c4nc(-c4ccccc4O)n5-c4ccc(-c5ccccc5)cc4C(C)(C)C)cc(-c4ccccc4)c3)c2)cc1.[Pt]. The molecule has 1 N–H and O–H groups in total. The normalized spacial score (nSPS) is 11.4. The Kier molecular flexibility index (Phi) is 10.6. The van der Waals surface area contributed by atoms with Crippen molar-refractivity contribution in [2.45, 2.75) is 33.1 Å². The summed E-state index contributed by atoms with van der Waals surface area (Å²) in [5.74, 6) is 0.841. The van der Waals surface area contributed by atoms with Crippen LogP contribution in [-0.2, 0) is 26.5 Å². The zero-order valence-electron chi connectivity index (χ0n) is 32.8. The monoisotopic (exact) mass is 931 g/mol. The number of phenolic OH excluding ortho intramolecular Hbond substituents is 1. The van der Waals surface area contributed by atoms with Crippen LogP contribution in [0, 0.1) is 13.0 Å². The van der Waals surface area contributed by atoms with Gasteiger partial charge < -0.3 is 5.11 Å². The smallest absolute Gasteiger partial charge is 0.148 e. The first-order chi connectivity index (χ1) is 27.7. The minimum absolute atomic E-state index is 0. The molecule has 58 heavy (non-hydrogen) atoms. The zero-order chi connectivity index (χ0) is 39.1. The average molecular weight is 932 g/mol. The third-order valence-corrected chi connectivity index (χ3v) is 10.7. The van der Waals surface area contributed by atoms with E-state index in [4.69, 9.17) is 9.97 Å². The van der Waals surface area contributed by atoms with Crippen LogP contribution in [0.15, 0.2) is 176 Å². The Labute approximate surface area is 354 Å². The van der Waals surface area contributed by atoms with Crippen molar-refractivity contribution >= 4 is 11.0 Å². The van der Waals surface area contributed by atoms with Gasteiger partial charge in [0.05, 0.1) is 22.3 Å². The molecule has 9 rings (SSSR count). The quantitative estimate of drug-likeness (QED) is 0.162. The standard InChI is InChI=1S/C53H42N3O.Pt/c1-35-22-24-38(25-23-35)40-28-29-54-47(34-40)43-31-41(37-16-9-6-10-17-37)30-42(32-43)44-19-13-20-49-51(44)55-52(45-18-11-12-21-50(45)57)56(49)48-27-26-39(33-46(48)53(2,3)4)36-14-7-5-8-15-36;/h5-31,33-34,57H,1-4H3;/q-1;. The van der Waals surface area contributed by atoms with Gasteiger partial charge in [0.2, 0.25) is 0 Å². The van der Waals surface area contributed by atoms with Crippen LogP contribution >= 0.6 is 0 Å². The van der Waals surface area contributed by atoms with Crippen LogP contribution in [0.1, 0.15) is 31.9 Å². The topological polar surface area (TPSA) is 50.9 Å². The Bertz CT molecular complexity index is 2890.